The first kappa shape index (κ1) is 13.6. The van der Waals surface area contributed by atoms with E-state index < -0.39 is 6.10 Å². The molecule has 0 aliphatic heterocycles. The first-order valence-electron chi connectivity index (χ1n) is 6.30. The van der Waals surface area contributed by atoms with Gasteiger partial charge in [-0.25, -0.2) is 0 Å². The highest BCUT2D eigenvalue weighted by atomic mass is 16.5. The average Bonchev–Trinajstić information content (AvgIpc) is 2.64. The van der Waals surface area contributed by atoms with Crippen molar-refractivity contribution in [3.05, 3.63) is 34.9 Å². The van der Waals surface area contributed by atoms with E-state index in [1.54, 1.807) is 14.0 Å². The van der Waals surface area contributed by atoms with E-state index in [1.165, 1.54) is 0 Å². The molecular weight excluding hydrogens is 244 g/mol. The van der Waals surface area contributed by atoms with E-state index in [0.29, 0.717) is 12.4 Å². The summed E-state index contributed by atoms with van der Waals surface area (Å²) < 4.78 is 10.2. The molecule has 1 aromatic rings. The molecule has 4 heteroatoms. The average molecular weight is 262 g/mol. The van der Waals surface area contributed by atoms with Crippen LogP contribution in [0.4, 0.5) is 0 Å². The molecule has 1 unspecified atom stereocenters. The second-order valence-electron chi connectivity index (χ2n) is 4.50. The minimum absolute atomic E-state index is 0.177. The first-order valence-corrected chi connectivity index (χ1v) is 6.30. The molecule has 1 aromatic carbocycles. The Labute approximate surface area is 112 Å². The Hall–Kier alpha value is -1.81. The summed E-state index contributed by atoms with van der Waals surface area (Å²) in [6.45, 7) is 3.98. The lowest BCUT2D eigenvalue weighted by Gasteiger charge is -2.08. The topological polar surface area (TPSA) is 55.8 Å². The zero-order valence-corrected chi connectivity index (χ0v) is 11.4. The number of esters is 1. The molecular formula is C15H18O4. The molecule has 0 radical (unpaired) electrons. The van der Waals surface area contributed by atoms with Gasteiger partial charge in [-0.2, -0.15) is 0 Å². The standard InChI is InChI=1S/C15H18O4/c1-4-19-14(16)8-12-9(2)15(17)11-6-5-10(18-3)7-13(11)12/h5-7,15,17H,4,8H2,1-3H3. The molecule has 0 saturated carbocycles. The third kappa shape index (κ3) is 2.49. The third-order valence-electron chi connectivity index (χ3n) is 3.39. The van der Waals surface area contributed by atoms with Gasteiger partial charge in [-0.1, -0.05) is 6.07 Å². The van der Waals surface area contributed by atoms with Crippen LogP contribution >= 0.6 is 0 Å². The van der Waals surface area contributed by atoms with Crippen molar-refractivity contribution >= 4 is 11.5 Å². The summed E-state index contributed by atoms with van der Waals surface area (Å²) in [6, 6.07) is 5.49. The van der Waals surface area contributed by atoms with Crippen LogP contribution in [0.3, 0.4) is 0 Å². The summed E-state index contributed by atoms with van der Waals surface area (Å²) in [5, 5.41) is 10.2. The second kappa shape index (κ2) is 5.45. The van der Waals surface area contributed by atoms with Crippen molar-refractivity contribution in [1.82, 2.24) is 0 Å². The number of rotatable bonds is 4. The number of benzene rings is 1. The fourth-order valence-corrected chi connectivity index (χ4v) is 2.36. The predicted molar refractivity (Wildman–Crippen MR) is 71.8 cm³/mol. The molecule has 0 fully saturated rings. The summed E-state index contributed by atoms with van der Waals surface area (Å²) in [6.07, 6.45) is -0.470. The van der Waals surface area contributed by atoms with E-state index in [-0.39, 0.29) is 12.4 Å². The summed E-state index contributed by atoms with van der Waals surface area (Å²) in [7, 11) is 1.59. The number of aliphatic hydroxyl groups excluding tert-OH is 1. The van der Waals surface area contributed by atoms with Crippen molar-refractivity contribution in [2.45, 2.75) is 26.4 Å². The number of hydrogen-bond acceptors (Lipinski definition) is 4. The Kier molecular flexibility index (Phi) is 3.90. The van der Waals surface area contributed by atoms with E-state index in [4.69, 9.17) is 9.47 Å². The summed E-state index contributed by atoms with van der Waals surface area (Å²) in [5.74, 6) is 0.432. The van der Waals surface area contributed by atoms with Crippen LogP contribution in [0, 0.1) is 0 Å². The van der Waals surface area contributed by atoms with Gasteiger partial charge in [0.1, 0.15) is 11.9 Å². The lowest BCUT2D eigenvalue weighted by atomic mass is 10.0. The molecule has 0 bridgehead atoms. The normalized spacial score (nSPS) is 17.4. The highest BCUT2D eigenvalue weighted by molar-refractivity contribution is 5.90. The molecule has 1 N–H and O–H groups in total. The van der Waals surface area contributed by atoms with Gasteiger partial charge in [0.05, 0.1) is 20.1 Å². The monoisotopic (exact) mass is 262 g/mol. The van der Waals surface area contributed by atoms with Crippen molar-refractivity contribution in [1.29, 1.82) is 0 Å². The molecule has 102 valence electrons. The molecule has 1 aliphatic carbocycles. The molecule has 0 spiro atoms. The maximum absolute atomic E-state index is 11.6. The summed E-state index contributed by atoms with van der Waals surface area (Å²) in [4.78, 5) is 11.6. The number of carbonyl (C=O) groups is 1. The van der Waals surface area contributed by atoms with Crippen LogP contribution < -0.4 is 4.74 Å². The van der Waals surface area contributed by atoms with E-state index in [1.807, 2.05) is 25.1 Å². The smallest absolute Gasteiger partial charge is 0.310 e. The van der Waals surface area contributed by atoms with Crippen LogP contribution in [0.2, 0.25) is 0 Å². The molecule has 0 amide bonds. The van der Waals surface area contributed by atoms with Gasteiger partial charge >= 0.3 is 5.97 Å². The van der Waals surface area contributed by atoms with E-state index >= 15 is 0 Å². The maximum Gasteiger partial charge on any atom is 0.310 e. The highest BCUT2D eigenvalue weighted by Crippen LogP contribution is 2.43. The molecule has 0 saturated heterocycles. The third-order valence-corrected chi connectivity index (χ3v) is 3.39. The van der Waals surface area contributed by atoms with Gasteiger partial charge in [0, 0.05) is 0 Å². The number of methoxy groups -OCH3 is 1. The van der Waals surface area contributed by atoms with Crippen molar-refractivity contribution < 1.29 is 19.4 Å². The minimum Gasteiger partial charge on any atom is -0.497 e. The fraction of sp³-hybridized carbons (Fsp3) is 0.400. The molecule has 0 aromatic heterocycles. The highest BCUT2D eigenvalue weighted by Gasteiger charge is 2.28. The SMILES string of the molecule is CCOC(=O)CC1=C(C)C(O)c2ccc(OC)cc21. The number of fused-ring (bicyclic) bond motifs is 1. The van der Waals surface area contributed by atoms with Crippen LogP contribution in [0.25, 0.3) is 5.57 Å². The van der Waals surface area contributed by atoms with Gasteiger partial charge in [0.25, 0.3) is 0 Å². The largest absolute Gasteiger partial charge is 0.497 e. The Balaban J connectivity index is 2.36. The van der Waals surface area contributed by atoms with E-state index in [2.05, 4.69) is 0 Å². The summed E-state index contributed by atoms with van der Waals surface area (Å²) >= 11 is 0. The number of carbonyl (C=O) groups excluding carboxylic acids is 1. The second-order valence-corrected chi connectivity index (χ2v) is 4.50. The quantitative estimate of drug-likeness (QED) is 0.847. The van der Waals surface area contributed by atoms with Crippen molar-refractivity contribution in [3.8, 4) is 5.75 Å². The van der Waals surface area contributed by atoms with Crippen molar-refractivity contribution in [3.63, 3.8) is 0 Å². The Morgan fingerprint density at radius 2 is 2.16 bits per heavy atom. The van der Waals surface area contributed by atoms with Crippen LogP contribution in [0.15, 0.2) is 23.8 Å². The van der Waals surface area contributed by atoms with Crippen LogP contribution in [0.5, 0.6) is 5.75 Å². The molecule has 1 atom stereocenters. The number of hydrogen-bond donors (Lipinski definition) is 1. The zero-order chi connectivity index (χ0) is 14.0. The van der Waals surface area contributed by atoms with Gasteiger partial charge in [0.15, 0.2) is 0 Å². The van der Waals surface area contributed by atoms with Gasteiger partial charge in [0.2, 0.25) is 0 Å². The van der Waals surface area contributed by atoms with Crippen molar-refractivity contribution in [2.24, 2.45) is 0 Å². The number of ether oxygens (including phenoxy) is 2. The molecule has 2 rings (SSSR count). The van der Waals surface area contributed by atoms with Crippen LogP contribution in [0.1, 0.15) is 37.5 Å². The first-order chi connectivity index (χ1) is 9.08. The predicted octanol–water partition coefficient (Wildman–Crippen LogP) is 2.47. The molecule has 19 heavy (non-hydrogen) atoms. The van der Waals surface area contributed by atoms with Gasteiger partial charge < -0.3 is 14.6 Å². The molecule has 0 heterocycles. The minimum atomic E-state index is -0.648. The Bertz CT molecular complexity index is 531. The van der Waals surface area contributed by atoms with Gasteiger partial charge in [-0.3, -0.25) is 4.79 Å². The Morgan fingerprint density at radius 1 is 1.42 bits per heavy atom. The maximum atomic E-state index is 11.6. The summed E-state index contributed by atoms with van der Waals surface area (Å²) in [5.41, 5.74) is 3.33. The van der Waals surface area contributed by atoms with Gasteiger partial charge in [-0.05, 0) is 48.3 Å². The lowest BCUT2D eigenvalue weighted by molar-refractivity contribution is -0.141. The van der Waals surface area contributed by atoms with E-state index in [0.717, 1.165) is 22.3 Å². The van der Waals surface area contributed by atoms with E-state index in [9.17, 15) is 9.90 Å². The molecule has 1 aliphatic rings. The number of aliphatic hydroxyl groups is 1. The van der Waals surface area contributed by atoms with Crippen LogP contribution in [-0.2, 0) is 9.53 Å². The van der Waals surface area contributed by atoms with Crippen LogP contribution in [-0.4, -0.2) is 24.8 Å². The zero-order valence-electron chi connectivity index (χ0n) is 11.4. The molecule has 4 nitrogen and oxygen atoms in total. The fourth-order valence-electron chi connectivity index (χ4n) is 2.36. The lowest BCUT2D eigenvalue weighted by Crippen LogP contribution is -2.04. The Morgan fingerprint density at radius 3 is 2.79 bits per heavy atom. The van der Waals surface area contributed by atoms with Gasteiger partial charge in [-0.15, -0.1) is 0 Å². The van der Waals surface area contributed by atoms with Crippen molar-refractivity contribution in [2.75, 3.05) is 13.7 Å².